The number of carbonyl (C=O) groups is 2. The van der Waals surface area contributed by atoms with E-state index in [1.54, 1.807) is 0 Å². The summed E-state index contributed by atoms with van der Waals surface area (Å²) in [5.41, 5.74) is 7.88. The molecule has 0 aliphatic carbocycles. The lowest BCUT2D eigenvalue weighted by atomic mass is 10.0. The van der Waals surface area contributed by atoms with Crippen molar-refractivity contribution < 1.29 is 14.3 Å². The van der Waals surface area contributed by atoms with Crippen molar-refractivity contribution in [1.29, 1.82) is 0 Å². The molecule has 164 valence electrons. The molecule has 0 bridgehead atoms. The molecule has 0 aliphatic heterocycles. The second-order valence-corrected chi connectivity index (χ2v) is 7.56. The van der Waals surface area contributed by atoms with Crippen LogP contribution < -0.4 is 16.0 Å². The predicted molar refractivity (Wildman–Crippen MR) is 122 cm³/mol. The fraction of sp³-hybridized carbons (Fsp3) is 0.348. The minimum atomic E-state index is -0.377. The van der Waals surface area contributed by atoms with Crippen molar-refractivity contribution in [2.45, 2.75) is 41.2 Å². The Kier molecular flexibility index (Phi) is 6.79. The molecule has 3 rings (SSSR count). The van der Waals surface area contributed by atoms with Gasteiger partial charge in [0.15, 0.2) is 5.65 Å². The molecule has 1 aromatic carbocycles. The van der Waals surface area contributed by atoms with Crippen molar-refractivity contribution in [3.63, 3.8) is 0 Å². The molecule has 3 N–H and O–H groups in total. The number of aryl methyl sites for hydroxylation is 4. The number of urea groups is 1. The van der Waals surface area contributed by atoms with Gasteiger partial charge in [-0.3, -0.25) is 4.79 Å². The number of pyridine rings is 1. The monoisotopic (exact) mass is 423 g/mol. The number of anilines is 2. The van der Waals surface area contributed by atoms with Crippen molar-refractivity contribution >= 4 is 29.0 Å². The Morgan fingerprint density at radius 1 is 1.13 bits per heavy atom. The second-order valence-electron chi connectivity index (χ2n) is 7.56. The highest BCUT2D eigenvalue weighted by Gasteiger charge is 2.13. The largest absolute Gasteiger partial charge is 0.464 e. The SMILES string of the molecule is CC(=O)OCCNC(=O)Nc1cc(NCc2c(C)cccc2C)c2nc(C)c(C)n2c1. The zero-order chi connectivity index (χ0) is 22.5. The first-order chi connectivity index (χ1) is 14.8. The fourth-order valence-corrected chi connectivity index (χ4v) is 3.42. The number of esters is 1. The Labute approximate surface area is 182 Å². The molecule has 0 saturated heterocycles. The molecule has 0 atom stereocenters. The highest BCUT2D eigenvalue weighted by molar-refractivity contribution is 5.90. The number of ether oxygens (including phenoxy) is 1. The lowest BCUT2D eigenvalue weighted by Gasteiger charge is -2.15. The molecule has 0 aliphatic rings. The second kappa shape index (κ2) is 9.51. The van der Waals surface area contributed by atoms with Crippen LogP contribution in [0.4, 0.5) is 16.2 Å². The van der Waals surface area contributed by atoms with Gasteiger partial charge in [-0.1, -0.05) is 18.2 Å². The molecule has 8 nitrogen and oxygen atoms in total. The van der Waals surface area contributed by atoms with Crippen LogP contribution in [-0.2, 0) is 16.1 Å². The highest BCUT2D eigenvalue weighted by Crippen LogP contribution is 2.25. The van der Waals surface area contributed by atoms with Crippen molar-refractivity contribution in [3.05, 3.63) is 58.5 Å². The zero-order valence-corrected chi connectivity index (χ0v) is 18.6. The van der Waals surface area contributed by atoms with E-state index in [2.05, 4.69) is 48.0 Å². The van der Waals surface area contributed by atoms with Crippen LogP contribution in [0.25, 0.3) is 5.65 Å². The summed E-state index contributed by atoms with van der Waals surface area (Å²) in [7, 11) is 0. The molecule has 0 fully saturated rings. The Morgan fingerprint density at radius 2 is 1.84 bits per heavy atom. The Morgan fingerprint density at radius 3 is 2.52 bits per heavy atom. The van der Waals surface area contributed by atoms with E-state index < -0.39 is 0 Å². The van der Waals surface area contributed by atoms with Crippen LogP contribution in [0.15, 0.2) is 30.5 Å². The zero-order valence-electron chi connectivity index (χ0n) is 18.6. The smallest absolute Gasteiger partial charge is 0.319 e. The van der Waals surface area contributed by atoms with E-state index in [9.17, 15) is 9.59 Å². The third-order valence-electron chi connectivity index (χ3n) is 5.25. The van der Waals surface area contributed by atoms with E-state index in [1.807, 2.05) is 30.5 Å². The number of aromatic nitrogens is 2. The van der Waals surface area contributed by atoms with Crippen LogP contribution in [0.5, 0.6) is 0 Å². The molecule has 8 heteroatoms. The quantitative estimate of drug-likeness (QED) is 0.396. The molecule has 0 radical (unpaired) electrons. The lowest BCUT2D eigenvalue weighted by Crippen LogP contribution is -2.32. The number of rotatable bonds is 7. The first kappa shape index (κ1) is 22.1. The summed E-state index contributed by atoms with van der Waals surface area (Å²) in [5.74, 6) is -0.377. The summed E-state index contributed by atoms with van der Waals surface area (Å²) in [6, 6.07) is 7.75. The van der Waals surface area contributed by atoms with Crippen LogP contribution in [0.1, 0.15) is 35.0 Å². The first-order valence-electron chi connectivity index (χ1n) is 10.2. The number of amides is 2. The molecule has 0 saturated carbocycles. The minimum absolute atomic E-state index is 0.129. The van der Waals surface area contributed by atoms with E-state index in [-0.39, 0.29) is 25.2 Å². The molecule has 2 aromatic heterocycles. The van der Waals surface area contributed by atoms with Gasteiger partial charge in [-0.2, -0.15) is 0 Å². The Bertz CT molecular complexity index is 1100. The summed E-state index contributed by atoms with van der Waals surface area (Å²) in [4.78, 5) is 27.8. The fourth-order valence-electron chi connectivity index (χ4n) is 3.42. The average Bonchev–Trinajstić information content (AvgIpc) is 2.99. The van der Waals surface area contributed by atoms with Gasteiger partial charge in [-0.25, -0.2) is 9.78 Å². The number of hydrogen-bond donors (Lipinski definition) is 3. The van der Waals surface area contributed by atoms with Crippen molar-refractivity contribution in [2.75, 3.05) is 23.8 Å². The van der Waals surface area contributed by atoms with Gasteiger partial charge in [0, 0.05) is 25.4 Å². The van der Waals surface area contributed by atoms with Crippen LogP contribution in [0, 0.1) is 27.7 Å². The van der Waals surface area contributed by atoms with E-state index >= 15 is 0 Å². The normalized spacial score (nSPS) is 10.7. The van der Waals surface area contributed by atoms with Gasteiger partial charge >= 0.3 is 12.0 Å². The standard InChI is InChI=1S/C23H29N5O3/c1-14-7-6-8-15(2)20(14)12-25-21-11-19(13-28-17(4)16(3)26-22(21)28)27-23(30)24-9-10-31-18(5)29/h6-8,11,13,25H,9-10,12H2,1-5H3,(H2,24,27,30). The molecule has 0 spiro atoms. The summed E-state index contributed by atoms with van der Waals surface area (Å²) in [6.45, 7) is 10.5. The Balaban J connectivity index is 1.81. The lowest BCUT2D eigenvalue weighted by molar-refractivity contribution is -0.140. The Hall–Kier alpha value is -3.55. The number of nitrogens with zero attached hydrogens (tertiary/aromatic N) is 2. The number of nitrogens with one attached hydrogen (secondary N) is 3. The van der Waals surface area contributed by atoms with E-state index in [4.69, 9.17) is 9.72 Å². The van der Waals surface area contributed by atoms with Gasteiger partial charge in [0.2, 0.25) is 0 Å². The number of hydrogen-bond acceptors (Lipinski definition) is 5. The van der Waals surface area contributed by atoms with Crippen LogP contribution >= 0.6 is 0 Å². The predicted octanol–water partition coefficient (Wildman–Crippen LogP) is 3.86. The first-order valence-corrected chi connectivity index (χ1v) is 10.2. The van der Waals surface area contributed by atoms with Crippen molar-refractivity contribution in [1.82, 2.24) is 14.7 Å². The number of benzene rings is 1. The van der Waals surface area contributed by atoms with E-state index in [0.29, 0.717) is 12.2 Å². The molecule has 31 heavy (non-hydrogen) atoms. The summed E-state index contributed by atoms with van der Waals surface area (Å²) in [6.07, 6.45) is 1.85. The van der Waals surface area contributed by atoms with Gasteiger partial charge in [0.1, 0.15) is 6.61 Å². The van der Waals surface area contributed by atoms with Gasteiger partial charge in [0.25, 0.3) is 0 Å². The average molecular weight is 424 g/mol. The maximum absolute atomic E-state index is 12.3. The summed E-state index contributed by atoms with van der Waals surface area (Å²) < 4.78 is 6.80. The number of imidazole rings is 1. The third kappa shape index (κ3) is 5.33. The molecule has 2 heterocycles. The van der Waals surface area contributed by atoms with Gasteiger partial charge in [-0.05, 0) is 50.5 Å². The van der Waals surface area contributed by atoms with E-state index in [0.717, 1.165) is 22.7 Å². The molecule has 2 amide bonds. The minimum Gasteiger partial charge on any atom is -0.464 e. The maximum Gasteiger partial charge on any atom is 0.319 e. The number of carbonyl (C=O) groups excluding carboxylic acids is 2. The van der Waals surface area contributed by atoms with Gasteiger partial charge < -0.3 is 25.1 Å². The summed E-state index contributed by atoms with van der Waals surface area (Å²) >= 11 is 0. The van der Waals surface area contributed by atoms with Gasteiger partial charge in [-0.15, -0.1) is 0 Å². The molecular weight excluding hydrogens is 394 g/mol. The molecule has 0 unspecified atom stereocenters. The molecular formula is C23H29N5O3. The topological polar surface area (TPSA) is 96.8 Å². The van der Waals surface area contributed by atoms with Crippen molar-refractivity contribution in [2.24, 2.45) is 0 Å². The molecule has 3 aromatic rings. The third-order valence-corrected chi connectivity index (χ3v) is 5.25. The van der Waals surface area contributed by atoms with Crippen LogP contribution in [0.3, 0.4) is 0 Å². The van der Waals surface area contributed by atoms with Crippen molar-refractivity contribution in [3.8, 4) is 0 Å². The maximum atomic E-state index is 12.3. The van der Waals surface area contributed by atoms with E-state index in [1.165, 1.54) is 23.6 Å². The van der Waals surface area contributed by atoms with Gasteiger partial charge in [0.05, 0.1) is 23.6 Å². The summed E-state index contributed by atoms with van der Waals surface area (Å²) in [5, 5.41) is 9.01. The van der Waals surface area contributed by atoms with Crippen LogP contribution in [0.2, 0.25) is 0 Å². The van der Waals surface area contributed by atoms with Crippen LogP contribution in [-0.4, -0.2) is 34.5 Å². The highest BCUT2D eigenvalue weighted by atomic mass is 16.5. The number of fused-ring (bicyclic) bond motifs is 1.